The van der Waals surface area contributed by atoms with Crippen LogP contribution in [0.5, 0.6) is 0 Å². The van der Waals surface area contributed by atoms with E-state index in [2.05, 4.69) is 25.3 Å². The fourth-order valence-corrected chi connectivity index (χ4v) is 2.85. The summed E-state index contributed by atoms with van der Waals surface area (Å²) < 4.78 is 0. The molecule has 0 aliphatic carbocycles. The molecule has 1 aliphatic heterocycles. The highest BCUT2D eigenvalue weighted by Gasteiger charge is 2.23. The van der Waals surface area contributed by atoms with Crippen LogP contribution in [0, 0.1) is 6.92 Å². The third kappa shape index (κ3) is 3.33. The van der Waals surface area contributed by atoms with Crippen molar-refractivity contribution in [2.45, 2.75) is 26.7 Å². The third-order valence-electron chi connectivity index (χ3n) is 4.19. The molecule has 2 aromatic heterocycles. The SMILES string of the molecule is CCc1[nH]ncc1C(=O)N1CCCN(c2ccc(C)nn2)CC1. The molecule has 0 unspecified atom stereocenters. The van der Waals surface area contributed by atoms with Gasteiger partial charge in [-0.1, -0.05) is 6.92 Å². The number of anilines is 1. The standard InChI is InChI=1S/C16H22N6O/c1-3-14-13(11-17-19-14)16(23)22-8-4-7-21(9-10-22)15-6-5-12(2)18-20-15/h5-6,11H,3-4,7-10H2,1-2H3,(H,17,19). The molecule has 1 amide bonds. The Kier molecular flexibility index (Phi) is 4.55. The van der Waals surface area contributed by atoms with Crippen molar-refractivity contribution in [3.05, 3.63) is 35.3 Å². The number of amides is 1. The summed E-state index contributed by atoms with van der Waals surface area (Å²) in [5.41, 5.74) is 2.50. The lowest BCUT2D eigenvalue weighted by Gasteiger charge is -2.22. The fourth-order valence-electron chi connectivity index (χ4n) is 2.85. The van der Waals surface area contributed by atoms with Crippen LogP contribution in [0.4, 0.5) is 5.82 Å². The second kappa shape index (κ2) is 6.76. The maximum absolute atomic E-state index is 12.7. The first-order chi connectivity index (χ1) is 11.2. The van der Waals surface area contributed by atoms with Crippen molar-refractivity contribution in [2.75, 3.05) is 31.1 Å². The first kappa shape index (κ1) is 15.5. The Morgan fingerprint density at radius 2 is 2.09 bits per heavy atom. The van der Waals surface area contributed by atoms with Crippen molar-refractivity contribution in [3.63, 3.8) is 0 Å². The van der Waals surface area contributed by atoms with Crippen molar-refractivity contribution >= 4 is 11.7 Å². The van der Waals surface area contributed by atoms with E-state index >= 15 is 0 Å². The summed E-state index contributed by atoms with van der Waals surface area (Å²) in [5.74, 6) is 0.940. The molecule has 23 heavy (non-hydrogen) atoms. The van der Waals surface area contributed by atoms with E-state index in [0.717, 1.165) is 49.7 Å². The molecule has 0 saturated carbocycles. The van der Waals surface area contributed by atoms with Crippen molar-refractivity contribution in [3.8, 4) is 0 Å². The number of aromatic amines is 1. The van der Waals surface area contributed by atoms with Gasteiger partial charge in [0.2, 0.25) is 0 Å². The summed E-state index contributed by atoms with van der Waals surface area (Å²) in [6.07, 6.45) is 3.33. The second-order valence-corrected chi connectivity index (χ2v) is 5.78. The molecular formula is C16H22N6O. The molecule has 7 heteroatoms. The van der Waals surface area contributed by atoms with Crippen LogP contribution in [0.2, 0.25) is 0 Å². The lowest BCUT2D eigenvalue weighted by molar-refractivity contribution is 0.0766. The van der Waals surface area contributed by atoms with Gasteiger partial charge >= 0.3 is 0 Å². The fraction of sp³-hybridized carbons (Fsp3) is 0.500. The van der Waals surface area contributed by atoms with Crippen LogP contribution >= 0.6 is 0 Å². The molecule has 2 aromatic rings. The Morgan fingerprint density at radius 1 is 1.22 bits per heavy atom. The minimum atomic E-state index is 0.0624. The van der Waals surface area contributed by atoms with Gasteiger partial charge in [0.05, 0.1) is 17.5 Å². The number of aromatic nitrogens is 4. The Morgan fingerprint density at radius 3 is 2.83 bits per heavy atom. The summed E-state index contributed by atoms with van der Waals surface area (Å²) in [7, 11) is 0. The van der Waals surface area contributed by atoms with E-state index < -0.39 is 0 Å². The summed E-state index contributed by atoms with van der Waals surface area (Å²) >= 11 is 0. The van der Waals surface area contributed by atoms with Crippen LogP contribution in [0.3, 0.4) is 0 Å². The van der Waals surface area contributed by atoms with Crippen LogP contribution in [0.15, 0.2) is 18.3 Å². The van der Waals surface area contributed by atoms with Gasteiger partial charge in [0.25, 0.3) is 5.91 Å². The van der Waals surface area contributed by atoms with Gasteiger partial charge in [0.1, 0.15) is 0 Å². The van der Waals surface area contributed by atoms with E-state index in [9.17, 15) is 4.79 Å². The summed E-state index contributed by atoms with van der Waals surface area (Å²) in [6.45, 7) is 7.03. The number of carbonyl (C=O) groups is 1. The number of hydrogen-bond acceptors (Lipinski definition) is 5. The molecule has 0 radical (unpaired) electrons. The van der Waals surface area contributed by atoms with E-state index in [4.69, 9.17) is 0 Å². The Hall–Kier alpha value is -2.44. The number of rotatable bonds is 3. The van der Waals surface area contributed by atoms with Gasteiger partial charge in [0.15, 0.2) is 5.82 Å². The highest BCUT2D eigenvalue weighted by Crippen LogP contribution is 2.15. The first-order valence-corrected chi connectivity index (χ1v) is 8.06. The van der Waals surface area contributed by atoms with Crippen molar-refractivity contribution < 1.29 is 4.79 Å². The highest BCUT2D eigenvalue weighted by molar-refractivity contribution is 5.95. The molecule has 0 bridgehead atoms. The van der Waals surface area contributed by atoms with Gasteiger partial charge in [-0.05, 0) is 31.9 Å². The molecule has 122 valence electrons. The van der Waals surface area contributed by atoms with Gasteiger partial charge in [0, 0.05) is 31.9 Å². The third-order valence-corrected chi connectivity index (χ3v) is 4.19. The molecule has 0 atom stereocenters. The van der Waals surface area contributed by atoms with Crippen molar-refractivity contribution in [1.82, 2.24) is 25.3 Å². The molecule has 3 rings (SSSR count). The number of hydrogen-bond donors (Lipinski definition) is 1. The molecule has 0 aromatic carbocycles. The van der Waals surface area contributed by atoms with Gasteiger partial charge in [-0.25, -0.2) is 0 Å². The molecule has 1 N–H and O–H groups in total. The first-order valence-electron chi connectivity index (χ1n) is 8.06. The lowest BCUT2D eigenvalue weighted by Crippen LogP contribution is -2.35. The van der Waals surface area contributed by atoms with Gasteiger partial charge in [-0.2, -0.15) is 10.2 Å². The predicted molar refractivity (Wildman–Crippen MR) is 87.5 cm³/mol. The average Bonchev–Trinajstić information content (AvgIpc) is 2.91. The molecular weight excluding hydrogens is 292 g/mol. The molecule has 1 saturated heterocycles. The Labute approximate surface area is 135 Å². The number of nitrogens with zero attached hydrogens (tertiary/aromatic N) is 5. The van der Waals surface area contributed by atoms with Crippen molar-refractivity contribution in [1.29, 1.82) is 0 Å². The Balaban J connectivity index is 1.68. The summed E-state index contributed by atoms with van der Waals surface area (Å²) in [4.78, 5) is 16.8. The smallest absolute Gasteiger partial charge is 0.257 e. The summed E-state index contributed by atoms with van der Waals surface area (Å²) in [5, 5.41) is 15.3. The quantitative estimate of drug-likeness (QED) is 0.927. The monoisotopic (exact) mass is 314 g/mol. The Bertz CT molecular complexity index is 665. The molecule has 3 heterocycles. The van der Waals surface area contributed by atoms with E-state index in [1.165, 1.54) is 0 Å². The maximum atomic E-state index is 12.7. The minimum absolute atomic E-state index is 0.0624. The van der Waals surface area contributed by atoms with Crippen LogP contribution in [-0.4, -0.2) is 57.4 Å². The largest absolute Gasteiger partial charge is 0.353 e. The van der Waals surface area contributed by atoms with Gasteiger partial charge in [-0.3, -0.25) is 9.89 Å². The van der Waals surface area contributed by atoms with Crippen LogP contribution < -0.4 is 4.90 Å². The molecule has 1 aliphatic rings. The topological polar surface area (TPSA) is 78.0 Å². The average molecular weight is 314 g/mol. The van der Waals surface area contributed by atoms with Gasteiger partial charge in [-0.15, -0.1) is 5.10 Å². The number of aryl methyl sites for hydroxylation is 2. The number of carbonyl (C=O) groups excluding carboxylic acids is 1. The molecule has 0 spiro atoms. The lowest BCUT2D eigenvalue weighted by atomic mass is 10.2. The number of H-pyrrole nitrogens is 1. The summed E-state index contributed by atoms with van der Waals surface area (Å²) in [6, 6.07) is 3.96. The van der Waals surface area contributed by atoms with Crippen LogP contribution in [-0.2, 0) is 6.42 Å². The van der Waals surface area contributed by atoms with Crippen molar-refractivity contribution in [2.24, 2.45) is 0 Å². The zero-order valence-electron chi connectivity index (χ0n) is 13.6. The maximum Gasteiger partial charge on any atom is 0.257 e. The zero-order valence-corrected chi connectivity index (χ0v) is 13.6. The second-order valence-electron chi connectivity index (χ2n) is 5.78. The molecule has 1 fully saturated rings. The van der Waals surface area contributed by atoms with Crippen LogP contribution in [0.1, 0.15) is 35.1 Å². The number of nitrogens with one attached hydrogen (secondary N) is 1. The van der Waals surface area contributed by atoms with Gasteiger partial charge < -0.3 is 9.80 Å². The van der Waals surface area contributed by atoms with E-state index in [1.807, 2.05) is 30.9 Å². The van der Waals surface area contributed by atoms with E-state index in [-0.39, 0.29) is 5.91 Å². The molecule has 7 nitrogen and oxygen atoms in total. The highest BCUT2D eigenvalue weighted by atomic mass is 16.2. The van der Waals surface area contributed by atoms with Crippen LogP contribution in [0.25, 0.3) is 0 Å². The zero-order chi connectivity index (χ0) is 16.2. The van der Waals surface area contributed by atoms with E-state index in [0.29, 0.717) is 12.1 Å². The van der Waals surface area contributed by atoms with E-state index in [1.54, 1.807) is 6.20 Å². The predicted octanol–water partition coefficient (Wildman–Crippen LogP) is 1.42. The minimum Gasteiger partial charge on any atom is -0.353 e. The normalized spacial score (nSPS) is 15.6.